The average molecular weight is 614 g/mol. The Morgan fingerprint density at radius 3 is 2.35 bits per heavy atom. The average Bonchev–Trinajstić information content (AvgIpc) is 2.82. The molecule has 190 valence electrons. The van der Waals surface area contributed by atoms with Crippen molar-refractivity contribution in [2.75, 3.05) is 4.90 Å². The van der Waals surface area contributed by atoms with Gasteiger partial charge in [0.05, 0.1) is 16.3 Å². The van der Waals surface area contributed by atoms with Crippen LogP contribution in [0.3, 0.4) is 0 Å². The minimum absolute atomic E-state index is 0.148. The van der Waals surface area contributed by atoms with Crippen molar-refractivity contribution < 1.29 is 32.3 Å². The van der Waals surface area contributed by atoms with Gasteiger partial charge in [-0.15, -0.1) is 0 Å². The molecule has 0 unspecified atom stereocenters. The Labute approximate surface area is 226 Å². The normalized spacial score (nSPS) is 15.2. The molecule has 1 heterocycles. The molecule has 1 saturated heterocycles. The summed E-state index contributed by atoms with van der Waals surface area (Å²) in [5, 5.41) is 1.92. The molecule has 4 rings (SSSR count). The van der Waals surface area contributed by atoms with E-state index in [2.05, 4.69) is 15.9 Å². The van der Waals surface area contributed by atoms with E-state index in [1.165, 1.54) is 12.1 Å². The van der Waals surface area contributed by atoms with E-state index < -0.39 is 40.8 Å². The molecule has 1 N–H and O–H groups in total. The fourth-order valence-corrected chi connectivity index (χ4v) is 4.04. The molecule has 0 spiro atoms. The number of amides is 4. The van der Waals surface area contributed by atoms with Crippen LogP contribution in [-0.2, 0) is 22.4 Å². The van der Waals surface area contributed by atoms with Crippen LogP contribution in [0.15, 0.2) is 70.7 Å². The number of carbonyl (C=O) groups excluding carboxylic acids is 3. The highest BCUT2D eigenvalue weighted by Gasteiger charge is 2.39. The Morgan fingerprint density at radius 1 is 0.973 bits per heavy atom. The van der Waals surface area contributed by atoms with Gasteiger partial charge in [0.2, 0.25) is 0 Å². The molecule has 37 heavy (non-hydrogen) atoms. The van der Waals surface area contributed by atoms with Crippen molar-refractivity contribution in [3.63, 3.8) is 0 Å². The lowest BCUT2D eigenvalue weighted by molar-refractivity contribution is -0.137. The van der Waals surface area contributed by atoms with Gasteiger partial charge in [-0.1, -0.05) is 51.3 Å². The number of hydrogen-bond acceptors (Lipinski definition) is 4. The second-order valence-electron chi connectivity index (χ2n) is 7.72. The van der Waals surface area contributed by atoms with Crippen LogP contribution < -0.4 is 15.0 Å². The zero-order valence-electron chi connectivity index (χ0n) is 18.4. The molecule has 0 atom stereocenters. The minimum atomic E-state index is -4.76. The molecule has 0 aromatic heterocycles. The first-order valence-electron chi connectivity index (χ1n) is 10.4. The molecule has 1 fully saturated rings. The molecule has 0 saturated carbocycles. The highest BCUT2D eigenvalue weighted by molar-refractivity contribution is 9.10. The third kappa shape index (κ3) is 5.98. The van der Waals surface area contributed by atoms with E-state index in [-0.39, 0.29) is 28.0 Å². The van der Waals surface area contributed by atoms with Gasteiger partial charge in [-0.3, -0.25) is 14.9 Å². The summed E-state index contributed by atoms with van der Waals surface area (Å²) in [6.07, 6.45) is -3.62. The van der Waals surface area contributed by atoms with Crippen LogP contribution in [0.5, 0.6) is 5.75 Å². The van der Waals surface area contributed by atoms with Gasteiger partial charge in [0.25, 0.3) is 11.8 Å². The fourth-order valence-electron chi connectivity index (χ4n) is 3.40. The van der Waals surface area contributed by atoms with E-state index >= 15 is 0 Å². The molecule has 1 aliphatic rings. The van der Waals surface area contributed by atoms with Gasteiger partial charge in [-0.25, -0.2) is 9.69 Å². The Morgan fingerprint density at radius 2 is 1.68 bits per heavy atom. The van der Waals surface area contributed by atoms with E-state index in [0.717, 1.165) is 22.2 Å². The van der Waals surface area contributed by atoms with Crippen molar-refractivity contribution in [1.29, 1.82) is 0 Å². The standard InChI is InChI=1S/C25H14BrCl2F3N2O4/c26-16-4-1-13(2-5-16)12-37-21-8-6-17(27)9-14(21)10-18-22(34)32-24(36)33(23(18)35)20-11-15(25(29,30)31)3-7-19(20)28/h1-11H,12H2,(H,32,34,36)/b18-10-. The van der Waals surface area contributed by atoms with E-state index in [4.69, 9.17) is 27.9 Å². The molecular formula is C25H14BrCl2F3N2O4. The number of halogens is 6. The predicted molar refractivity (Wildman–Crippen MR) is 135 cm³/mol. The molecule has 0 aliphatic carbocycles. The van der Waals surface area contributed by atoms with Crippen molar-refractivity contribution in [2.24, 2.45) is 0 Å². The quantitative estimate of drug-likeness (QED) is 0.248. The molecular weight excluding hydrogens is 600 g/mol. The van der Waals surface area contributed by atoms with Gasteiger partial charge in [-0.2, -0.15) is 13.2 Å². The molecule has 6 nitrogen and oxygen atoms in total. The highest BCUT2D eigenvalue weighted by Crippen LogP contribution is 2.37. The Hall–Kier alpha value is -3.34. The summed E-state index contributed by atoms with van der Waals surface area (Å²) in [6, 6.07) is 12.8. The summed E-state index contributed by atoms with van der Waals surface area (Å²) >= 11 is 15.5. The molecule has 12 heteroatoms. The van der Waals surface area contributed by atoms with Crippen molar-refractivity contribution in [2.45, 2.75) is 12.8 Å². The largest absolute Gasteiger partial charge is 0.488 e. The fraction of sp³-hybridized carbons (Fsp3) is 0.0800. The number of hydrogen-bond donors (Lipinski definition) is 1. The molecule has 1 aliphatic heterocycles. The van der Waals surface area contributed by atoms with Crippen LogP contribution in [0.1, 0.15) is 16.7 Å². The Bertz CT molecular complexity index is 1440. The lowest BCUT2D eigenvalue weighted by Gasteiger charge is -2.27. The number of imide groups is 2. The minimum Gasteiger partial charge on any atom is -0.488 e. The summed E-state index contributed by atoms with van der Waals surface area (Å²) in [5.41, 5.74) is -1.14. The third-order valence-corrected chi connectivity index (χ3v) is 6.28. The summed E-state index contributed by atoms with van der Waals surface area (Å²) in [5.74, 6) is -1.96. The maximum atomic E-state index is 13.2. The second kappa shape index (κ2) is 10.6. The maximum absolute atomic E-state index is 13.2. The topological polar surface area (TPSA) is 75.7 Å². The van der Waals surface area contributed by atoms with Crippen LogP contribution in [0, 0.1) is 0 Å². The number of rotatable bonds is 5. The predicted octanol–water partition coefficient (Wildman–Crippen LogP) is 7.02. The Balaban J connectivity index is 1.71. The van der Waals surface area contributed by atoms with E-state index in [9.17, 15) is 27.6 Å². The van der Waals surface area contributed by atoms with E-state index in [1.807, 2.05) is 29.6 Å². The number of nitrogens with zero attached hydrogens (tertiary/aromatic N) is 1. The van der Waals surface area contributed by atoms with Crippen LogP contribution in [0.4, 0.5) is 23.7 Å². The summed E-state index contributed by atoms with van der Waals surface area (Å²) in [4.78, 5) is 38.7. The molecule has 3 aromatic carbocycles. The lowest BCUT2D eigenvalue weighted by Crippen LogP contribution is -2.54. The monoisotopic (exact) mass is 612 g/mol. The number of carbonyl (C=O) groups is 3. The second-order valence-corrected chi connectivity index (χ2v) is 9.48. The number of anilines is 1. The van der Waals surface area contributed by atoms with Crippen LogP contribution in [0.2, 0.25) is 10.0 Å². The molecule has 4 amide bonds. The molecule has 0 radical (unpaired) electrons. The lowest BCUT2D eigenvalue weighted by atomic mass is 10.1. The molecule has 3 aromatic rings. The number of barbiturate groups is 1. The van der Waals surface area contributed by atoms with Gasteiger partial charge >= 0.3 is 12.2 Å². The first-order valence-corrected chi connectivity index (χ1v) is 11.9. The maximum Gasteiger partial charge on any atom is 0.416 e. The summed E-state index contributed by atoms with van der Waals surface area (Å²) in [7, 11) is 0. The SMILES string of the molecule is O=C1NC(=O)N(c2cc(C(F)(F)F)ccc2Cl)C(=O)/C1=C\c1cc(Cl)ccc1OCc1ccc(Br)cc1. The van der Waals surface area contributed by atoms with Gasteiger partial charge in [0.15, 0.2) is 0 Å². The number of urea groups is 1. The van der Waals surface area contributed by atoms with E-state index in [1.54, 1.807) is 6.07 Å². The smallest absolute Gasteiger partial charge is 0.416 e. The number of ether oxygens (including phenoxy) is 1. The number of alkyl halides is 3. The number of benzene rings is 3. The highest BCUT2D eigenvalue weighted by atomic mass is 79.9. The van der Waals surface area contributed by atoms with Gasteiger partial charge in [0, 0.05) is 15.1 Å². The summed E-state index contributed by atoms with van der Waals surface area (Å²) < 4.78 is 46.5. The first kappa shape index (κ1) is 26.7. The van der Waals surface area contributed by atoms with Gasteiger partial charge in [0.1, 0.15) is 17.9 Å². The van der Waals surface area contributed by atoms with Crippen LogP contribution >= 0.6 is 39.1 Å². The summed E-state index contributed by atoms with van der Waals surface area (Å²) in [6.45, 7) is 0.148. The number of nitrogens with one attached hydrogen (secondary N) is 1. The zero-order chi connectivity index (χ0) is 26.9. The van der Waals surface area contributed by atoms with Crippen molar-refractivity contribution >= 4 is 68.7 Å². The van der Waals surface area contributed by atoms with E-state index in [0.29, 0.717) is 17.0 Å². The van der Waals surface area contributed by atoms with Crippen LogP contribution in [-0.4, -0.2) is 17.8 Å². The van der Waals surface area contributed by atoms with Gasteiger partial charge < -0.3 is 4.74 Å². The van der Waals surface area contributed by atoms with Crippen molar-refractivity contribution in [3.8, 4) is 5.75 Å². The van der Waals surface area contributed by atoms with Crippen molar-refractivity contribution in [3.05, 3.63) is 97.4 Å². The van der Waals surface area contributed by atoms with Gasteiger partial charge in [-0.05, 0) is 60.2 Å². The van der Waals surface area contributed by atoms with Crippen molar-refractivity contribution in [1.82, 2.24) is 5.32 Å². The zero-order valence-corrected chi connectivity index (χ0v) is 21.5. The first-order chi connectivity index (χ1) is 17.4. The van der Waals surface area contributed by atoms with Crippen LogP contribution in [0.25, 0.3) is 6.08 Å². The third-order valence-electron chi connectivity index (χ3n) is 5.20. The Kier molecular flexibility index (Phi) is 7.63. The molecule has 0 bridgehead atoms.